The van der Waals surface area contributed by atoms with Crippen molar-refractivity contribution in [2.45, 2.75) is 18.7 Å². The third kappa shape index (κ3) is 4.34. The maximum absolute atomic E-state index is 13.3. The van der Waals surface area contributed by atoms with Gasteiger partial charge in [-0.15, -0.1) is 0 Å². The first-order valence-electron chi connectivity index (χ1n) is 9.94. The number of benzene rings is 3. The molecule has 0 bridgehead atoms. The number of aromatic nitrogens is 2. The Morgan fingerprint density at radius 3 is 1.90 bits per heavy atom. The van der Waals surface area contributed by atoms with Gasteiger partial charge < -0.3 is 5.11 Å². The van der Waals surface area contributed by atoms with E-state index < -0.39 is 11.2 Å². The second-order valence-corrected chi connectivity index (χ2v) is 7.60. The van der Waals surface area contributed by atoms with Crippen LogP contribution >= 0.6 is 12.6 Å². The van der Waals surface area contributed by atoms with Gasteiger partial charge >= 0.3 is 5.69 Å². The Bertz CT molecular complexity index is 1220. The molecular weight excluding hydrogens is 408 g/mol. The summed E-state index contributed by atoms with van der Waals surface area (Å²) in [6.45, 7) is 0.155. The zero-order chi connectivity index (χ0) is 21.8. The molecule has 0 aliphatic heterocycles. The van der Waals surface area contributed by atoms with Gasteiger partial charge in [-0.25, -0.2) is 9.36 Å². The fraction of sp³-hybridized carbons (Fsp3) is 0.120. The highest BCUT2D eigenvalue weighted by molar-refractivity contribution is 7.79. The summed E-state index contributed by atoms with van der Waals surface area (Å²) in [5, 5.41) is 11.0. The quantitative estimate of drug-likeness (QED) is 0.458. The summed E-state index contributed by atoms with van der Waals surface area (Å²) in [4.78, 5) is 26.7. The summed E-state index contributed by atoms with van der Waals surface area (Å²) in [5.74, 6) is 0.258. The second kappa shape index (κ2) is 9.10. The van der Waals surface area contributed by atoms with Crippen LogP contribution < -0.4 is 11.2 Å². The Labute approximate surface area is 185 Å². The van der Waals surface area contributed by atoms with E-state index in [2.05, 4.69) is 12.6 Å². The van der Waals surface area contributed by atoms with Crippen LogP contribution in [0.1, 0.15) is 22.3 Å². The topological polar surface area (TPSA) is 64.2 Å². The van der Waals surface area contributed by atoms with Crippen molar-refractivity contribution in [3.05, 3.63) is 128 Å². The first-order valence-corrected chi connectivity index (χ1v) is 10.6. The predicted molar refractivity (Wildman–Crippen MR) is 125 cm³/mol. The molecule has 0 amide bonds. The average molecular weight is 431 g/mol. The van der Waals surface area contributed by atoms with Crippen LogP contribution in [0.5, 0.6) is 5.88 Å². The normalized spacial score (nSPS) is 10.9. The summed E-state index contributed by atoms with van der Waals surface area (Å²) in [7, 11) is 0. The summed E-state index contributed by atoms with van der Waals surface area (Å²) in [6, 6.07) is 25.9. The van der Waals surface area contributed by atoms with Gasteiger partial charge in [0.25, 0.3) is 5.56 Å². The van der Waals surface area contributed by atoms with E-state index in [1.807, 2.05) is 72.8 Å². The minimum atomic E-state index is -0.582. The van der Waals surface area contributed by atoms with Crippen LogP contribution in [-0.4, -0.2) is 14.2 Å². The van der Waals surface area contributed by atoms with E-state index in [-0.39, 0.29) is 24.4 Å². The molecule has 0 spiro atoms. The van der Waals surface area contributed by atoms with E-state index in [1.54, 1.807) is 12.1 Å². The van der Waals surface area contributed by atoms with Crippen LogP contribution in [0.15, 0.2) is 94.5 Å². The molecule has 156 valence electrons. The highest BCUT2D eigenvalue weighted by Crippen LogP contribution is 2.18. The number of thiol groups is 1. The lowest BCUT2D eigenvalue weighted by Crippen LogP contribution is -2.40. The Hall–Kier alpha value is -3.51. The lowest BCUT2D eigenvalue weighted by molar-refractivity contribution is 0.398. The summed E-state index contributed by atoms with van der Waals surface area (Å²) >= 11 is 4.26. The van der Waals surface area contributed by atoms with Crippen molar-refractivity contribution in [3.8, 4) is 11.6 Å². The van der Waals surface area contributed by atoms with E-state index in [1.165, 1.54) is 4.57 Å². The Balaban J connectivity index is 1.92. The fourth-order valence-corrected chi connectivity index (χ4v) is 3.74. The minimum Gasteiger partial charge on any atom is -0.494 e. The zero-order valence-electron chi connectivity index (χ0n) is 16.8. The molecule has 1 N–H and O–H groups in total. The molecule has 0 saturated carbocycles. The molecule has 5 nitrogen and oxygen atoms in total. The number of aromatic hydroxyl groups is 1. The van der Waals surface area contributed by atoms with Crippen molar-refractivity contribution in [1.29, 1.82) is 0 Å². The van der Waals surface area contributed by atoms with Crippen LogP contribution in [-0.2, 0) is 18.7 Å². The number of hydrogen-bond acceptors (Lipinski definition) is 4. The van der Waals surface area contributed by atoms with Crippen molar-refractivity contribution in [2.24, 2.45) is 0 Å². The third-order valence-corrected chi connectivity index (χ3v) is 5.56. The van der Waals surface area contributed by atoms with E-state index in [0.29, 0.717) is 11.4 Å². The van der Waals surface area contributed by atoms with Crippen LogP contribution in [0.25, 0.3) is 5.69 Å². The summed E-state index contributed by atoms with van der Waals surface area (Å²) in [5.41, 5.74) is 2.23. The lowest BCUT2D eigenvalue weighted by atomic mass is 10.1. The van der Waals surface area contributed by atoms with Gasteiger partial charge in [-0.05, 0) is 28.8 Å². The Morgan fingerprint density at radius 2 is 1.32 bits per heavy atom. The SMILES string of the molecule is O=c1c(Cc2ccccc2)c(O)n(Cc2ccccc2)c(=O)n1-c1ccc(CS)cc1. The third-order valence-electron chi connectivity index (χ3n) is 5.19. The number of nitrogens with zero attached hydrogens (tertiary/aromatic N) is 2. The maximum atomic E-state index is 13.3. The molecule has 4 aromatic rings. The second-order valence-electron chi connectivity index (χ2n) is 7.28. The van der Waals surface area contributed by atoms with Gasteiger partial charge in [0.1, 0.15) is 0 Å². The van der Waals surface area contributed by atoms with Crippen molar-refractivity contribution >= 4 is 12.6 Å². The average Bonchev–Trinajstić information content (AvgIpc) is 2.81. The van der Waals surface area contributed by atoms with E-state index in [4.69, 9.17) is 0 Å². The molecule has 0 saturated heterocycles. The molecule has 0 atom stereocenters. The minimum absolute atomic E-state index is 0.155. The molecule has 0 aliphatic rings. The maximum Gasteiger partial charge on any atom is 0.338 e. The Morgan fingerprint density at radius 1 is 0.742 bits per heavy atom. The molecule has 0 radical (unpaired) electrons. The van der Waals surface area contributed by atoms with Crippen molar-refractivity contribution in [2.75, 3.05) is 0 Å². The summed E-state index contributed by atoms with van der Waals surface area (Å²) in [6.07, 6.45) is 0.218. The van der Waals surface area contributed by atoms with E-state index >= 15 is 0 Å². The zero-order valence-corrected chi connectivity index (χ0v) is 17.7. The van der Waals surface area contributed by atoms with Gasteiger partial charge in [0.15, 0.2) is 0 Å². The van der Waals surface area contributed by atoms with Gasteiger partial charge in [0, 0.05) is 12.2 Å². The molecule has 6 heteroatoms. The van der Waals surface area contributed by atoms with Crippen molar-refractivity contribution in [3.63, 3.8) is 0 Å². The molecule has 1 heterocycles. The molecule has 3 aromatic carbocycles. The number of hydrogen-bond donors (Lipinski definition) is 2. The smallest absolute Gasteiger partial charge is 0.338 e. The summed E-state index contributed by atoms with van der Waals surface area (Å²) < 4.78 is 2.38. The molecule has 0 aliphatic carbocycles. The molecule has 31 heavy (non-hydrogen) atoms. The molecule has 4 rings (SSSR count). The first-order chi connectivity index (χ1) is 15.1. The number of rotatable bonds is 6. The van der Waals surface area contributed by atoms with Gasteiger partial charge in [-0.3, -0.25) is 9.36 Å². The van der Waals surface area contributed by atoms with Crippen molar-refractivity contribution in [1.82, 2.24) is 9.13 Å². The Kier molecular flexibility index (Phi) is 6.09. The molecule has 1 aromatic heterocycles. The van der Waals surface area contributed by atoms with E-state index in [9.17, 15) is 14.7 Å². The van der Waals surface area contributed by atoms with Gasteiger partial charge in [0.05, 0.1) is 17.8 Å². The fourth-order valence-electron chi connectivity index (χ4n) is 3.53. The van der Waals surface area contributed by atoms with Crippen LogP contribution in [0.4, 0.5) is 0 Å². The van der Waals surface area contributed by atoms with Crippen LogP contribution in [0.2, 0.25) is 0 Å². The van der Waals surface area contributed by atoms with Gasteiger partial charge in [0.2, 0.25) is 5.88 Å². The largest absolute Gasteiger partial charge is 0.494 e. The standard InChI is InChI=1S/C25H22N2O3S/c28-23-22(15-18-7-3-1-4-8-18)24(29)27(21-13-11-20(17-31)12-14-21)25(30)26(23)16-19-9-5-2-6-10-19/h1-14,28,31H,15-17H2. The predicted octanol–water partition coefficient (Wildman–Crippen LogP) is 3.77. The molecule has 0 fully saturated rings. The highest BCUT2D eigenvalue weighted by Gasteiger charge is 2.20. The van der Waals surface area contributed by atoms with Crippen LogP contribution in [0.3, 0.4) is 0 Å². The van der Waals surface area contributed by atoms with Gasteiger partial charge in [-0.2, -0.15) is 12.6 Å². The molecule has 0 unspecified atom stereocenters. The lowest BCUT2D eigenvalue weighted by Gasteiger charge is -2.16. The van der Waals surface area contributed by atoms with Crippen molar-refractivity contribution < 1.29 is 5.11 Å². The van der Waals surface area contributed by atoms with Gasteiger partial charge in [-0.1, -0.05) is 72.8 Å². The molecular formula is C25H22N2O3S. The first kappa shape index (κ1) is 20.8. The monoisotopic (exact) mass is 430 g/mol. The highest BCUT2D eigenvalue weighted by atomic mass is 32.1. The van der Waals surface area contributed by atoms with Crippen LogP contribution in [0, 0.1) is 0 Å². The van der Waals surface area contributed by atoms with E-state index in [0.717, 1.165) is 21.3 Å².